The summed E-state index contributed by atoms with van der Waals surface area (Å²) in [6.07, 6.45) is 5.74. The molecule has 0 unspecified atom stereocenters. The van der Waals surface area contributed by atoms with Crippen LogP contribution in [0.1, 0.15) is 11.1 Å². The van der Waals surface area contributed by atoms with Crippen molar-refractivity contribution >= 4 is 28.6 Å². The van der Waals surface area contributed by atoms with Crippen molar-refractivity contribution in [2.75, 3.05) is 5.88 Å². The Kier molecular flexibility index (Phi) is 2.75. The molecule has 1 N–H and O–H groups in total. The third-order valence-corrected chi connectivity index (χ3v) is 2.41. The number of halogens is 1. The average molecular weight is 217 g/mol. The van der Waals surface area contributed by atoms with Crippen molar-refractivity contribution in [3.8, 4) is 6.07 Å². The van der Waals surface area contributed by atoms with Crippen molar-refractivity contribution in [2.45, 2.75) is 0 Å². The first kappa shape index (κ1) is 9.82. The minimum Gasteiger partial charge on any atom is -0.361 e. The van der Waals surface area contributed by atoms with Gasteiger partial charge in [-0.1, -0.05) is 12.2 Å². The molecular formula is C12H9ClN2. The molecule has 2 nitrogen and oxygen atoms in total. The Morgan fingerprint density at radius 2 is 2.33 bits per heavy atom. The molecule has 0 spiro atoms. The van der Waals surface area contributed by atoms with E-state index in [1.165, 1.54) is 0 Å². The van der Waals surface area contributed by atoms with Gasteiger partial charge in [0.1, 0.15) is 0 Å². The third kappa shape index (κ3) is 1.88. The molecule has 0 amide bonds. The Morgan fingerprint density at radius 3 is 3.07 bits per heavy atom. The lowest BCUT2D eigenvalue weighted by atomic mass is 10.1. The van der Waals surface area contributed by atoms with Crippen molar-refractivity contribution in [3.63, 3.8) is 0 Å². The van der Waals surface area contributed by atoms with Crippen LogP contribution in [0.5, 0.6) is 0 Å². The van der Waals surface area contributed by atoms with Crippen molar-refractivity contribution in [2.24, 2.45) is 0 Å². The van der Waals surface area contributed by atoms with E-state index in [1.54, 1.807) is 6.07 Å². The van der Waals surface area contributed by atoms with Crippen molar-refractivity contribution in [1.29, 1.82) is 5.26 Å². The molecule has 0 saturated heterocycles. The molecule has 0 atom stereocenters. The maximum atomic E-state index is 8.80. The molecule has 0 aliphatic heterocycles. The average Bonchev–Trinajstić information content (AvgIpc) is 2.68. The Hall–Kier alpha value is -1.72. The van der Waals surface area contributed by atoms with E-state index in [0.29, 0.717) is 11.4 Å². The van der Waals surface area contributed by atoms with Crippen LogP contribution in [-0.2, 0) is 0 Å². The molecule has 0 radical (unpaired) electrons. The number of fused-ring (bicyclic) bond motifs is 1. The number of hydrogen-bond donors (Lipinski definition) is 1. The monoisotopic (exact) mass is 216 g/mol. The molecule has 0 aliphatic carbocycles. The van der Waals surface area contributed by atoms with Crippen LogP contribution < -0.4 is 0 Å². The highest BCUT2D eigenvalue weighted by Gasteiger charge is 2.01. The van der Waals surface area contributed by atoms with Crippen LogP contribution in [0.25, 0.3) is 17.0 Å². The summed E-state index contributed by atoms with van der Waals surface area (Å²) >= 11 is 5.58. The highest BCUT2D eigenvalue weighted by molar-refractivity contribution is 6.19. The topological polar surface area (TPSA) is 39.6 Å². The van der Waals surface area contributed by atoms with E-state index in [9.17, 15) is 0 Å². The SMILES string of the molecule is N#Cc1ccc2[nH]cc(C=CCCl)c2c1. The lowest BCUT2D eigenvalue weighted by Gasteiger charge is -1.92. The van der Waals surface area contributed by atoms with Gasteiger partial charge in [-0.3, -0.25) is 0 Å². The van der Waals surface area contributed by atoms with Gasteiger partial charge in [0.2, 0.25) is 0 Å². The second-order valence-corrected chi connectivity index (χ2v) is 3.48. The summed E-state index contributed by atoms with van der Waals surface area (Å²) in [6.45, 7) is 0. The molecule has 2 rings (SSSR count). The molecule has 2 aromatic rings. The van der Waals surface area contributed by atoms with Crippen molar-refractivity contribution < 1.29 is 0 Å². The third-order valence-electron chi connectivity index (χ3n) is 2.23. The van der Waals surface area contributed by atoms with Crippen molar-refractivity contribution in [3.05, 3.63) is 41.6 Å². The van der Waals surface area contributed by atoms with Crippen LogP contribution in [0.4, 0.5) is 0 Å². The predicted octanol–water partition coefficient (Wildman–Crippen LogP) is 3.29. The van der Waals surface area contributed by atoms with Crippen LogP contribution in [0.2, 0.25) is 0 Å². The van der Waals surface area contributed by atoms with E-state index in [2.05, 4.69) is 11.1 Å². The molecule has 74 valence electrons. The predicted molar refractivity (Wildman–Crippen MR) is 62.8 cm³/mol. The highest BCUT2D eigenvalue weighted by atomic mass is 35.5. The van der Waals surface area contributed by atoms with Gasteiger partial charge in [0.05, 0.1) is 11.6 Å². The molecule has 3 heteroatoms. The number of allylic oxidation sites excluding steroid dienone is 1. The second kappa shape index (κ2) is 4.20. The smallest absolute Gasteiger partial charge is 0.0991 e. The molecule has 1 aromatic carbocycles. The quantitative estimate of drug-likeness (QED) is 0.769. The Labute approximate surface area is 92.8 Å². The van der Waals surface area contributed by atoms with Crippen molar-refractivity contribution in [1.82, 2.24) is 4.98 Å². The molecule has 1 heterocycles. The van der Waals surface area contributed by atoms with Crippen LogP contribution in [0, 0.1) is 11.3 Å². The van der Waals surface area contributed by atoms with Gasteiger partial charge in [-0.25, -0.2) is 0 Å². The maximum absolute atomic E-state index is 8.80. The molecule has 0 bridgehead atoms. The lowest BCUT2D eigenvalue weighted by molar-refractivity contribution is 1.46. The molecular weight excluding hydrogens is 208 g/mol. The van der Waals surface area contributed by atoms with Gasteiger partial charge in [-0.05, 0) is 23.8 Å². The molecule has 1 aromatic heterocycles. The number of nitrogens with one attached hydrogen (secondary N) is 1. The van der Waals surface area contributed by atoms with E-state index < -0.39 is 0 Å². The minimum atomic E-state index is 0.491. The van der Waals surface area contributed by atoms with E-state index >= 15 is 0 Å². The number of aromatic nitrogens is 1. The lowest BCUT2D eigenvalue weighted by Crippen LogP contribution is -1.74. The number of H-pyrrole nitrogens is 1. The van der Waals surface area contributed by atoms with E-state index in [-0.39, 0.29) is 0 Å². The molecule has 0 saturated carbocycles. The van der Waals surface area contributed by atoms with E-state index in [0.717, 1.165) is 16.5 Å². The van der Waals surface area contributed by atoms with Gasteiger partial charge in [-0.15, -0.1) is 11.6 Å². The molecule has 0 aliphatic rings. The molecule has 15 heavy (non-hydrogen) atoms. The first-order valence-corrected chi connectivity index (χ1v) is 5.12. The summed E-state index contributed by atoms with van der Waals surface area (Å²) in [4.78, 5) is 3.14. The standard InChI is InChI=1S/C12H9ClN2/c13-5-1-2-10-8-15-12-4-3-9(7-14)6-11(10)12/h1-4,6,8,15H,5H2. The summed E-state index contributed by atoms with van der Waals surface area (Å²) in [6, 6.07) is 7.71. The van der Waals surface area contributed by atoms with Crippen LogP contribution in [0.15, 0.2) is 30.5 Å². The number of rotatable bonds is 2. The maximum Gasteiger partial charge on any atom is 0.0991 e. The fraction of sp³-hybridized carbons (Fsp3) is 0.0833. The summed E-state index contributed by atoms with van der Waals surface area (Å²) in [5.74, 6) is 0.491. The Balaban J connectivity index is 2.57. The number of benzene rings is 1. The van der Waals surface area contributed by atoms with Gasteiger partial charge in [0.15, 0.2) is 0 Å². The van der Waals surface area contributed by atoms with Crippen LogP contribution in [0.3, 0.4) is 0 Å². The number of nitrogens with zero attached hydrogens (tertiary/aromatic N) is 1. The number of nitriles is 1. The first-order chi connectivity index (χ1) is 7.35. The number of aromatic amines is 1. The Morgan fingerprint density at radius 1 is 1.47 bits per heavy atom. The Bertz CT molecular complexity index is 546. The zero-order valence-corrected chi connectivity index (χ0v) is 8.75. The van der Waals surface area contributed by atoms with Gasteiger partial charge >= 0.3 is 0 Å². The summed E-state index contributed by atoms with van der Waals surface area (Å²) in [7, 11) is 0. The summed E-state index contributed by atoms with van der Waals surface area (Å²) < 4.78 is 0. The largest absolute Gasteiger partial charge is 0.361 e. The van der Waals surface area contributed by atoms with Gasteiger partial charge in [0.25, 0.3) is 0 Å². The number of alkyl halides is 1. The number of hydrogen-bond acceptors (Lipinski definition) is 1. The fourth-order valence-corrected chi connectivity index (χ4v) is 1.61. The van der Waals surface area contributed by atoms with Crippen LogP contribution >= 0.6 is 11.6 Å². The normalized spacial score (nSPS) is 10.9. The fourth-order valence-electron chi connectivity index (χ4n) is 1.52. The molecule has 0 fully saturated rings. The summed E-state index contributed by atoms with van der Waals surface area (Å²) in [5.41, 5.74) is 2.76. The second-order valence-electron chi connectivity index (χ2n) is 3.17. The zero-order chi connectivity index (χ0) is 10.7. The zero-order valence-electron chi connectivity index (χ0n) is 8.00. The van der Waals surface area contributed by atoms with Gasteiger partial charge < -0.3 is 4.98 Å². The van der Waals surface area contributed by atoms with Crippen LogP contribution in [-0.4, -0.2) is 10.9 Å². The summed E-state index contributed by atoms with van der Waals surface area (Å²) in [5, 5.41) is 9.85. The van der Waals surface area contributed by atoms with E-state index in [4.69, 9.17) is 16.9 Å². The van der Waals surface area contributed by atoms with Gasteiger partial charge in [-0.2, -0.15) is 5.26 Å². The highest BCUT2D eigenvalue weighted by Crippen LogP contribution is 2.20. The van der Waals surface area contributed by atoms with Gasteiger partial charge in [0, 0.05) is 23.0 Å². The van der Waals surface area contributed by atoms with E-state index in [1.807, 2.05) is 30.5 Å². The minimum absolute atomic E-state index is 0.491. The first-order valence-electron chi connectivity index (χ1n) is 4.59.